The van der Waals surface area contributed by atoms with E-state index in [1.54, 1.807) is 4.90 Å². The lowest BCUT2D eigenvalue weighted by molar-refractivity contribution is -0.384. The number of nitro benzene ring substituents is 1. The van der Waals surface area contributed by atoms with Gasteiger partial charge in [0.15, 0.2) is 11.5 Å². The smallest absolute Gasteiger partial charge is 0.270 e. The number of hydrogen-bond acceptors (Lipinski definition) is 6. The van der Waals surface area contributed by atoms with Gasteiger partial charge in [-0.3, -0.25) is 14.9 Å². The van der Waals surface area contributed by atoms with Crippen LogP contribution in [0.15, 0.2) is 66.7 Å². The molecular formula is C27H21N3O6. The molecule has 0 bridgehead atoms. The second-order valence-electron chi connectivity index (χ2n) is 8.69. The van der Waals surface area contributed by atoms with Gasteiger partial charge in [-0.25, -0.2) is 0 Å². The Hall–Kier alpha value is -4.79. The molecule has 3 aromatic carbocycles. The minimum atomic E-state index is -0.545. The molecule has 0 spiro atoms. The fourth-order valence-electron chi connectivity index (χ4n) is 4.95. The first kappa shape index (κ1) is 21.7. The molecule has 4 aromatic rings. The largest absolute Gasteiger partial charge is 0.507 e. The summed E-state index contributed by atoms with van der Waals surface area (Å²) in [5.74, 6) is 0.854. The molecule has 1 atom stereocenters. The molecule has 1 unspecified atom stereocenters. The van der Waals surface area contributed by atoms with Gasteiger partial charge in [0.2, 0.25) is 12.7 Å². The van der Waals surface area contributed by atoms with Crippen LogP contribution in [0.1, 0.15) is 28.4 Å². The predicted octanol–water partition coefficient (Wildman–Crippen LogP) is 4.70. The van der Waals surface area contributed by atoms with Crippen molar-refractivity contribution in [1.29, 1.82) is 0 Å². The maximum absolute atomic E-state index is 13.5. The van der Waals surface area contributed by atoms with Gasteiger partial charge in [-0.15, -0.1) is 0 Å². The number of aromatic nitrogens is 1. The Bertz CT molecular complexity index is 1560. The summed E-state index contributed by atoms with van der Waals surface area (Å²) in [5.41, 5.74) is 3.99. The van der Waals surface area contributed by atoms with Gasteiger partial charge in [0.05, 0.1) is 11.0 Å². The average molecular weight is 483 g/mol. The Morgan fingerprint density at radius 1 is 1.11 bits per heavy atom. The van der Waals surface area contributed by atoms with Gasteiger partial charge in [-0.2, -0.15) is 0 Å². The Balaban J connectivity index is 1.41. The molecule has 6 rings (SSSR count). The molecular weight excluding hydrogens is 462 g/mol. The van der Waals surface area contributed by atoms with Gasteiger partial charge in [0.25, 0.3) is 5.69 Å². The number of fused-ring (bicyclic) bond motifs is 4. The lowest BCUT2D eigenvalue weighted by Crippen LogP contribution is -2.39. The van der Waals surface area contributed by atoms with Crippen LogP contribution in [0.4, 0.5) is 5.69 Å². The number of nitro groups is 1. The Morgan fingerprint density at radius 3 is 2.81 bits per heavy atom. The van der Waals surface area contributed by atoms with E-state index in [-0.39, 0.29) is 29.7 Å². The lowest BCUT2D eigenvalue weighted by Gasteiger charge is -2.35. The normalized spacial score (nSPS) is 16.4. The highest BCUT2D eigenvalue weighted by Crippen LogP contribution is 2.42. The molecule has 0 aliphatic carbocycles. The van der Waals surface area contributed by atoms with E-state index in [1.807, 2.05) is 36.4 Å². The van der Waals surface area contributed by atoms with E-state index in [0.29, 0.717) is 24.5 Å². The summed E-state index contributed by atoms with van der Waals surface area (Å²) in [7, 11) is 0. The summed E-state index contributed by atoms with van der Waals surface area (Å²) in [4.78, 5) is 29.3. The van der Waals surface area contributed by atoms with Crippen molar-refractivity contribution in [2.75, 3.05) is 13.3 Å². The SMILES string of the molecule is O=C(C=Cc1cc([N+](=O)[O-])ccc1O)N1CCc2c([nH]c3ccccc23)C1c1ccc2c(c1)OCO2. The molecule has 2 aliphatic rings. The number of nitrogens with zero attached hydrogens (tertiary/aromatic N) is 2. The maximum Gasteiger partial charge on any atom is 0.270 e. The number of amides is 1. The maximum atomic E-state index is 13.5. The molecule has 180 valence electrons. The number of phenols is 1. The number of aromatic amines is 1. The minimum Gasteiger partial charge on any atom is -0.507 e. The van der Waals surface area contributed by atoms with Crippen LogP contribution < -0.4 is 9.47 Å². The third-order valence-corrected chi connectivity index (χ3v) is 6.66. The number of para-hydroxylation sites is 1. The van der Waals surface area contributed by atoms with Crippen molar-refractivity contribution in [3.8, 4) is 17.2 Å². The molecule has 0 fully saturated rings. The molecule has 2 aliphatic heterocycles. The van der Waals surface area contributed by atoms with Crippen molar-refractivity contribution in [2.24, 2.45) is 0 Å². The van der Waals surface area contributed by atoms with Crippen LogP contribution in [0.3, 0.4) is 0 Å². The molecule has 1 amide bonds. The monoisotopic (exact) mass is 483 g/mol. The fourth-order valence-corrected chi connectivity index (χ4v) is 4.95. The third kappa shape index (κ3) is 3.61. The van der Waals surface area contributed by atoms with E-state index in [0.717, 1.165) is 27.7 Å². The van der Waals surface area contributed by atoms with Crippen molar-refractivity contribution in [1.82, 2.24) is 9.88 Å². The number of carbonyl (C=O) groups is 1. The third-order valence-electron chi connectivity index (χ3n) is 6.66. The van der Waals surface area contributed by atoms with Gasteiger partial charge < -0.3 is 24.5 Å². The standard InChI is InChI=1S/C27H21N3O6/c31-22-8-7-18(30(33)34)13-16(22)6-10-25(32)29-12-11-20-19-3-1-2-4-21(19)28-26(20)27(29)17-5-9-23-24(14-17)36-15-35-23/h1-10,13-14,27-28,31H,11-12,15H2. The van der Waals surface area contributed by atoms with E-state index in [9.17, 15) is 20.0 Å². The zero-order valence-corrected chi connectivity index (χ0v) is 19.0. The molecule has 0 radical (unpaired) electrons. The zero-order chi connectivity index (χ0) is 24.8. The van der Waals surface area contributed by atoms with E-state index < -0.39 is 11.0 Å². The number of hydrogen-bond donors (Lipinski definition) is 2. The zero-order valence-electron chi connectivity index (χ0n) is 19.0. The first-order chi connectivity index (χ1) is 17.5. The second-order valence-corrected chi connectivity index (χ2v) is 8.69. The van der Waals surface area contributed by atoms with E-state index in [1.165, 1.54) is 30.4 Å². The molecule has 3 heterocycles. The lowest BCUT2D eigenvalue weighted by atomic mass is 9.92. The number of benzene rings is 3. The van der Waals surface area contributed by atoms with Crippen molar-refractivity contribution in [3.05, 3.63) is 99.2 Å². The van der Waals surface area contributed by atoms with Gasteiger partial charge in [-0.1, -0.05) is 24.3 Å². The van der Waals surface area contributed by atoms with Gasteiger partial charge in [0.1, 0.15) is 5.75 Å². The van der Waals surface area contributed by atoms with Crippen LogP contribution in [0.5, 0.6) is 17.2 Å². The van der Waals surface area contributed by atoms with Crippen molar-refractivity contribution in [2.45, 2.75) is 12.5 Å². The van der Waals surface area contributed by atoms with Crippen LogP contribution >= 0.6 is 0 Å². The molecule has 9 nitrogen and oxygen atoms in total. The highest BCUT2D eigenvalue weighted by atomic mass is 16.7. The highest BCUT2D eigenvalue weighted by molar-refractivity contribution is 5.94. The fraction of sp³-hybridized carbons (Fsp3) is 0.148. The van der Waals surface area contributed by atoms with Crippen molar-refractivity contribution >= 4 is 28.6 Å². The predicted molar refractivity (Wildman–Crippen MR) is 132 cm³/mol. The summed E-state index contributed by atoms with van der Waals surface area (Å²) in [6.07, 6.45) is 3.41. The number of aromatic hydroxyl groups is 1. The van der Waals surface area contributed by atoms with Crippen molar-refractivity contribution in [3.63, 3.8) is 0 Å². The van der Waals surface area contributed by atoms with Crippen molar-refractivity contribution < 1.29 is 24.3 Å². The van der Waals surface area contributed by atoms with Gasteiger partial charge in [0, 0.05) is 46.9 Å². The second kappa shape index (κ2) is 8.46. The molecule has 9 heteroatoms. The quantitative estimate of drug-likeness (QED) is 0.247. The average Bonchev–Trinajstić information content (AvgIpc) is 3.51. The topological polar surface area (TPSA) is 118 Å². The summed E-state index contributed by atoms with van der Waals surface area (Å²) in [6.45, 7) is 0.622. The number of non-ortho nitro benzene ring substituents is 1. The summed E-state index contributed by atoms with van der Waals surface area (Å²) in [6, 6.07) is 17.0. The number of nitrogens with one attached hydrogen (secondary N) is 1. The number of H-pyrrole nitrogens is 1. The van der Waals surface area contributed by atoms with E-state index in [2.05, 4.69) is 11.1 Å². The Morgan fingerprint density at radius 2 is 1.94 bits per heavy atom. The van der Waals surface area contributed by atoms with Gasteiger partial charge >= 0.3 is 0 Å². The number of carbonyl (C=O) groups excluding carboxylic acids is 1. The molecule has 1 aromatic heterocycles. The molecule has 0 saturated heterocycles. The van der Waals surface area contributed by atoms with Gasteiger partial charge in [-0.05, 0) is 47.9 Å². The van der Waals surface area contributed by atoms with Crippen LogP contribution in [0.2, 0.25) is 0 Å². The van der Waals surface area contributed by atoms with E-state index >= 15 is 0 Å². The molecule has 36 heavy (non-hydrogen) atoms. The number of rotatable bonds is 4. The number of phenolic OH excluding ortho intramolecular Hbond substituents is 1. The molecule has 0 saturated carbocycles. The molecule has 2 N–H and O–H groups in total. The summed E-state index contributed by atoms with van der Waals surface area (Å²) >= 11 is 0. The van der Waals surface area contributed by atoms with E-state index in [4.69, 9.17) is 9.47 Å². The van der Waals surface area contributed by atoms with Crippen LogP contribution in [0.25, 0.3) is 17.0 Å². The highest BCUT2D eigenvalue weighted by Gasteiger charge is 2.34. The van der Waals surface area contributed by atoms with Crippen LogP contribution in [-0.2, 0) is 11.2 Å². The Labute approximate surface area is 205 Å². The van der Waals surface area contributed by atoms with Crippen LogP contribution in [0, 0.1) is 10.1 Å². The first-order valence-electron chi connectivity index (χ1n) is 11.4. The first-order valence-corrected chi connectivity index (χ1v) is 11.4. The number of ether oxygens (including phenoxy) is 2. The van der Waals surface area contributed by atoms with Crippen LogP contribution in [-0.4, -0.2) is 39.2 Å². The Kier molecular flexibility index (Phi) is 5.10. The summed E-state index contributed by atoms with van der Waals surface area (Å²) < 4.78 is 11.1. The summed E-state index contributed by atoms with van der Waals surface area (Å²) in [5, 5.41) is 22.4. The minimum absolute atomic E-state index is 0.145.